The van der Waals surface area contributed by atoms with Crippen molar-refractivity contribution in [1.29, 1.82) is 0 Å². The minimum atomic E-state index is 0.0441. The minimum absolute atomic E-state index is 0.0441. The highest BCUT2D eigenvalue weighted by Crippen LogP contribution is 2.19. The summed E-state index contributed by atoms with van der Waals surface area (Å²) >= 11 is 0. The van der Waals surface area contributed by atoms with Crippen molar-refractivity contribution in [2.75, 3.05) is 26.7 Å². The Morgan fingerprint density at radius 1 is 1.21 bits per heavy atom. The average Bonchev–Trinajstić information content (AvgIpc) is 2.36. The highest BCUT2D eigenvalue weighted by molar-refractivity contribution is 5.82. The highest BCUT2D eigenvalue weighted by Gasteiger charge is 2.31. The van der Waals surface area contributed by atoms with Gasteiger partial charge in [0.1, 0.15) is 0 Å². The molecule has 2 fully saturated rings. The van der Waals surface area contributed by atoms with E-state index >= 15 is 0 Å². The van der Waals surface area contributed by atoms with Crippen LogP contribution in [0, 0.1) is 0 Å². The molecule has 0 aliphatic carbocycles. The second-order valence-corrected chi connectivity index (χ2v) is 6.43. The number of carbonyl (C=O) groups excluding carboxylic acids is 1. The first kappa shape index (κ1) is 14.8. The maximum atomic E-state index is 12.5. The summed E-state index contributed by atoms with van der Waals surface area (Å²) in [5.41, 5.74) is 0. The van der Waals surface area contributed by atoms with Gasteiger partial charge >= 0.3 is 0 Å². The maximum Gasteiger partial charge on any atom is 0.239 e. The van der Waals surface area contributed by atoms with Gasteiger partial charge in [0, 0.05) is 25.2 Å². The van der Waals surface area contributed by atoms with Gasteiger partial charge in [-0.1, -0.05) is 20.3 Å². The molecule has 110 valence electrons. The lowest BCUT2D eigenvalue weighted by Gasteiger charge is -2.40. The van der Waals surface area contributed by atoms with Crippen LogP contribution >= 0.6 is 0 Å². The molecule has 2 atom stereocenters. The third-order valence-electron chi connectivity index (χ3n) is 4.42. The quantitative estimate of drug-likeness (QED) is 0.837. The number of nitrogens with zero attached hydrogens (tertiary/aromatic N) is 2. The van der Waals surface area contributed by atoms with Crippen LogP contribution in [0.3, 0.4) is 0 Å². The van der Waals surface area contributed by atoms with Crippen molar-refractivity contribution in [3.05, 3.63) is 0 Å². The zero-order valence-corrected chi connectivity index (χ0v) is 12.7. The Morgan fingerprint density at radius 3 is 2.68 bits per heavy atom. The normalized spacial score (nSPS) is 30.1. The molecular formula is C15H29N3O. The van der Waals surface area contributed by atoms with Crippen molar-refractivity contribution in [1.82, 2.24) is 15.1 Å². The predicted octanol–water partition coefficient (Wildman–Crippen LogP) is 1.46. The molecule has 2 saturated heterocycles. The monoisotopic (exact) mass is 267 g/mol. The molecule has 0 saturated carbocycles. The molecule has 0 radical (unpaired) electrons. The number of hydrogen-bond donors (Lipinski definition) is 1. The van der Waals surface area contributed by atoms with Gasteiger partial charge < -0.3 is 15.1 Å². The number of hydrogen-bond acceptors (Lipinski definition) is 3. The van der Waals surface area contributed by atoms with E-state index in [2.05, 4.69) is 36.0 Å². The van der Waals surface area contributed by atoms with E-state index in [1.54, 1.807) is 0 Å². The van der Waals surface area contributed by atoms with E-state index in [1.807, 2.05) is 0 Å². The van der Waals surface area contributed by atoms with E-state index in [4.69, 9.17) is 0 Å². The summed E-state index contributed by atoms with van der Waals surface area (Å²) in [6, 6.07) is 0.990. The van der Waals surface area contributed by atoms with E-state index in [0.29, 0.717) is 18.0 Å². The lowest BCUT2D eigenvalue weighted by molar-refractivity contribution is -0.137. The van der Waals surface area contributed by atoms with E-state index in [1.165, 1.54) is 25.8 Å². The Bertz CT molecular complexity index is 306. The number of nitrogens with one attached hydrogen (secondary N) is 1. The van der Waals surface area contributed by atoms with Crippen LogP contribution in [0.5, 0.6) is 0 Å². The van der Waals surface area contributed by atoms with Crippen LogP contribution in [0.25, 0.3) is 0 Å². The largest absolute Gasteiger partial charge is 0.340 e. The molecule has 4 nitrogen and oxygen atoms in total. The van der Waals surface area contributed by atoms with Crippen LogP contribution < -0.4 is 5.32 Å². The van der Waals surface area contributed by atoms with Crippen molar-refractivity contribution < 1.29 is 4.79 Å². The standard InChI is InChI=1S/C15H29N3O/c1-12(2)16-14-8-6-10-18(15(14)19)11-13-7-4-5-9-17(13)3/h12-14,16H,4-11H2,1-3H3. The molecular weight excluding hydrogens is 238 g/mol. The van der Waals surface area contributed by atoms with Gasteiger partial charge in [0.2, 0.25) is 5.91 Å². The fourth-order valence-corrected chi connectivity index (χ4v) is 3.31. The molecule has 1 N–H and O–H groups in total. The van der Waals surface area contributed by atoms with Gasteiger partial charge in [0.15, 0.2) is 0 Å². The smallest absolute Gasteiger partial charge is 0.239 e. The molecule has 0 spiro atoms. The summed E-state index contributed by atoms with van der Waals surface area (Å²) in [5.74, 6) is 0.318. The van der Waals surface area contributed by atoms with Gasteiger partial charge in [0.25, 0.3) is 0 Å². The van der Waals surface area contributed by atoms with E-state index in [9.17, 15) is 4.79 Å². The second kappa shape index (κ2) is 6.71. The third-order valence-corrected chi connectivity index (χ3v) is 4.42. The van der Waals surface area contributed by atoms with Crippen molar-refractivity contribution in [3.8, 4) is 0 Å². The summed E-state index contributed by atoms with van der Waals surface area (Å²) in [5, 5.41) is 3.41. The number of piperidine rings is 2. The number of likely N-dealkylation sites (tertiary alicyclic amines) is 2. The Hall–Kier alpha value is -0.610. The van der Waals surface area contributed by atoms with Crippen LogP contribution in [0.15, 0.2) is 0 Å². The molecule has 2 aliphatic heterocycles. The van der Waals surface area contributed by atoms with Gasteiger partial charge in [-0.15, -0.1) is 0 Å². The summed E-state index contributed by atoms with van der Waals surface area (Å²) in [6.45, 7) is 7.27. The first-order valence-corrected chi connectivity index (χ1v) is 7.83. The average molecular weight is 267 g/mol. The van der Waals surface area contributed by atoms with Crippen molar-refractivity contribution in [2.45, 2.75) is 64.1 Å². The van der Waals surface area contributed by atoms with Crippen LogP contribution in [0.2, 0.25) is 0 Å². The maximum absolute atomic E-state index is 12.5. The summed E-state index contributed by atoms with van der Waals surface area (Å²) < 4.78 is 0. The van der Waals surface area contributed by atoms with Crippen molar-refractivity contribution in [3.63, 3.8) is 0 Å². The second-order valence-electron chi connectivity index (χ2n) is 6.43. The predicted molar refractivity (Wildman–Crippen MR) is 78.1 cm³/mol. The van der Waals surface area contributed by atoms with Crippen molar-refractivity contribution in [2.24, 2.45) is 0 Å². The molecule has 2 rings (SSSR count). The third kappa shape index (κ3) is 3.93. The number of rotatable bonds is 4. The van der Waals surface area contributed by atoms with Gasteiger partial charge in [-0.3, -0.25) is 4.79 Å². The Labute approximate surface area is 117 Å². The molecule has 2 unspecified atom stereocenters. The van der Waals surface area contributed by atoms with Crippen LogP contribution in [-0.2, 0) is 4.79 Å². The van der Waals surface area contributed by atoms with Crippen LogP contribution in [-0.4, -0.2) is 60.5 Å². The summed E-state index contributed by atoms with van der Waals surface area (Å²) in [6.07, 6.45) is 5.98. The SMILES string of the molecule is CC(C)NC1CCCN(CC2CCCCN2C)C1=O. The molecule has 0 aromatic carbocycles. The topological polar surface area (TPSA) is 35.6 Å². The lowest BCUT2D eigenvalue weighted by Crippen LogP contribution is -2.55. The van der Waals surface area contributed by atoms with Crippen molar-refractivity contribution >= 4 is 5.91 Å². The Kier molecular flexibility index (Phi) is 5.22. The molecule has 0 aromatic rings. The molecule has 0 bridgehead atoms. The minimum Gasteiger partial charge on any atom is -0.340 e. The molecule has 2 aliphatic rings. The number of amides is 1. The summed E-state index contributed by atoms with van der Waals surface area (Å²) in [4.78, 5) is 17.0. The molecule has 2 heterocycles. The van der Waals surface area contributed by atoms with E-state index < -0.39 is 0 Å². The fraction of sp³-hybridized carbons (Fsp3) is 0.933. The lowest BCUT2D eigenvalue weighted by atomic mass is 9.99. The summed E-state index contributed by atoms with van der Waals surface area (Å²) in [7, 11) is 2.20. The molecule has 19 heavy (non-hydrogen) atoms. The first-order valence-electron chi connectivity index (χ1n) is 7.83. The zero-order valence-electron chi connectivity index (χ0n) is 12.7. The van der Waals surface area contributed by atoms with Gasteiger partial charge in [-0.25, -0.2) is 0 Å². The first-order chi connectivity index (χ1) is 9.08. The zero-order chi connectivity index (χ0) is 13.8. The van der Waals surface area contributed by atoms with Crippen LogP contribution in [0.4, 0.5) is 0 Å². The molecule has 4 heteroatoms. The van der Waals surface area contributed by atoms with Gasteiger partial charge in [-0.05, 0) is 39.3 Å². The van der Waals surface area contributed by atoms with E-state index in [-0.39, 0.29) is 6.04 Å². The van der Waals surface area contributed by atoms with E-state index in [0.717, 1.165) is 25.9 Å². The van der Waals surface area contributed by atoms with Gasteiger partial charge in [0.05, 0.1) is 6.04 Å². The number of likely N-dealkylation sites (N-methyl/N-ethyl adjacent to an activating group) is 1. The Balaban J connectivity index is 1.90. The molecule has 1 amide bonds. The van der Waals surface area contributed by atoms with Crippen LogP contribution in [0.1, 0.15) is 46.0 Å². The van der Waals surface area contributed by atoms with Gasteiger partial charge in [-0.2, -0.15) is 0 Å². The highest BCUT2D eigenvalue weighted by atomic mass is 16.2. The Morgan fingerprint density at radius 2 is 2.00 bits per heavy atom. The molecule has 0 aromatic heterocycles. The fourth-order valence-electron chi connectivity index (χ4n) is 3.31. The number of carbonyl (C=O) groups is 1.